The molecule has 0 aliphatic carbocycles. The van der Waals surface area contributed by atoms with E-state index in [1.165, 1.54) is 0 Å². The molecule has 0 radical (unpaired) electrons. The predicted molar refractivity (Wildman–Crippen MR) is 62.2 cm³/mol. The zero-order chi connectivity index (χ0) is 9.57. The van der Waals surface area contributed by atoms with E-state index in [1.807, 2.05) is 0 Å². The maximum atomic E-state index is 5.88. The summed E-state index contributed by atoms with van der Waals surface area (Å²) in [7, 11) is 0. The molecule has 0 aromatic rings. The first-order valence-electron chi connectivity index (χ1n) is 3.98. The van der Waals surface area contributed by atoms with Crippen LogP contribution in [0.25, 0.3) is 0 Å². The Kier molecular flexibility index (Phi) is 3.36. The fourth-order valence-electron chi connectivity index (χ4n) is 1.34. The molecule has 1 aliphatic heterocycles. The summed E-state index contributed by atoms with van der Waals surface area (Å²) in [5.41, 5.74) is -0.00870. The van der Waals surface area contributed by atoms with Crippen LogP contribution < -0.4 is 0 Å². The van der Waals surface area contributed by atoms with Gasteiger partial charge in [-0.25, -0.2) is 0 Å². The molecule has 0 aromatic carbocycles. The van der Waals surface area contributed by atoms with Crippen molar-refractivity contribution in [1.29, 1.82) is 0 Å². The van der Waals surface area contributed by atoms with Crippen LogP contribution in [0.2, 0.25) is 0 Å². The fourth-order valence-corrected chi connectivity index (χ4v) is 2.18. The molecule has 0 amide bonds. The van der Waals surface area contributed by atoms with Crippen LogP contribution in [-0.2, 0) is 4.74 Å². The van der Waals surface area contributed by atoms with Gasteiger partial charge < -0.3 is 4.74 Å². The van der Waals surface area contributed by atoms with E-state index in [1.54, 1.807) is 0 Å². The molecule has 1 nitrogen and oxygen atoms in total. The monoisotopic (exact) mass is 362 g/mol. The Labute approximate surface area is 99.0 Å². The molecule has 0 spiro atoms. The van der Waals surface area contributed by atoms with Crippen LogP contribution in [0.15, 0.2) is 0 Å². The molecule has 1 heterocycles. The van der Waals surface area contributed by atoms with Gasteiger partial charge in [-0.15, -0.1) is 0 Å². The summed E-state index contributed by atoms with van der Waals surface area (Å²) in [5, 5.41) is 0. The smallest absolute Gasteiger partial charge is 0.160 e. The van der Waals surface area contributed by atoms with E-state index in [9.17, 15) is 0 Å². The van der Waals surface area contributed by atoms with Crippen LogP contribution in [0.4, 0.5) is 0 Å². The largest absolute Gasteiger partial charge is 0.369 e. The van der Waals surface area contributed by atoms with E-state index in [4.69, 9.17) is 4.74 Å². The van der Waals surface area contributed by atoms with Gasteiger partial charge in [-0.1, -0.05) is 54.7 Å². The highest BCUT2D eigenvalue weighted by Gasteiger charge is 2.46. The van der Waals surface area contributed by atoms with Crippen molar-refractivity contribution in [3.8, 4) is 0 Å². The summed E-state index contributed by atoms with van der Waals surface area (Å²) in [5.74, 6) is 0.592. The third-order valence-electron chi connectivity index (χ3n) is 2.57. The van der Waals surface area contributed by atoms with Crippen LogP contribution in [0.5, 0.6) is 0 Å². The van der Waals surface area contributed by atoms with Gasteiger partial charge in [-0.3, -0.25) is 0 Å². The molecule has 0 N–H and O–H groups in total. The summed E-state index contributed by atoms with van der Waals surface area (Å²) in [6.07, 6.45) is 1.25. The number of alkyl halides is 3. The van der Waals surface area contributed by atoms with Crippen LogP contribution in [0.3, 0.4) is 0 Å². The molecule has 1 fully saturated rings. The molecular formula is C8H13Br3O. The molecule has 4 heteroatoms. The summed E-state index contributed by atoms with van der Waals surface area (Å²) in [6.45, 7) is 6.49. The number of rotatable bonds is 0. The number of halogens is 3. The highest BCUT2D eigenvalue weighted by molar-refractivity contribution is 9.39. The lowest BCUT2D eigenvalue weighted by atomic mass is 9.92. The zero-order valence-corrected chi connectivity index (χ0v) is 12.2. The van der Waals surface area contributed by atoms with Gasteiger partial charge >= 0.3 is 0 Å². The Morgan fingerprint density at radius 2 is 1.83 bits per heavy atom. The maximum Gasteiger partial charge on any atom is 0.160 e. The van der Waals surface area contributed by atoms with E-state index in [0.29, 0.717) is 5.92 Å². The van der Waals surface area contributed by atoms with Crippen molar-refractivity contribution in [1.82, 2.24) is 0 Å². The maximum absolute atomic E-state index is 5.88. The Hall–Kier alpha value is 1.40. The quantitative estimate of drug-likeness (QED) is 0.590. The number of hydrogen-bond donors (Lipinski definition) is 0. The Morgan fingerprint density at radius 3 is 2.00 bits per heavy atom. The van der Waals surface area contributed by atoms with E-state index in [-0.39, 0.29) is 13.8 Å². The molecule has 0 aromatic heterocycles. The van der Waals surface area contributed by atoms with Gasteiger partial charge in [-0.05, 0) is 26.2 Å². The van der Waals surface area contributed by atoms with Crippen molar-refractivity contribution in [2.24, 2.45) is 5.92 Å². The summed E-state index contributed by atoms with van der Waals surface area (Å²) in [4.78, 5) is 0. The SMILES string of the molecule is CC1CC(C(Br)(Br)Br)OC1(C)C. The highest BCUT2D eigenvalue weighted by Crippen LogP contribution is 2.48. The van der Waals surface area contributed by atoms with Gasteiger partial charge in [0.2, 0.25) is 0 Å². The van der Waals surface area contributed by atoms with Crippen molar-refractivity contribution in [3.63, 3.8) is 0 Å². The number of hydrogen-bond acceptors (Lipinski definition) is 1. The van der Waals surface area contributed by atoms with E-state index in [2.05, 4.69) is 68.6 Å². The second-order valence-corrected chi connectivity index (χ2v) is 10.8. The molecule has 0 saturated carbocycles. The average Bonchev–Trinajstić information content (AvgIpc) is 2.06. The minimum Gasteiger partial charge on any atom is -0.369 e. The van der Waals surface area contributed by atoms with Gasteiger partial charge in [0.25, 0.3) is 0 Å². The molecule has 0 bridgehead atoms. The Bertz CT molecular complexity index is 174. The lowest BCUT2D eigenvalue weighted by molar-refractivity contribution is -0.0234. The van der Waals surface area contributed by atoms with Crippen molar-refractivity contribution < 1.29 is 4.74 Å². The molecule has 2 unspecified atom stereocenters. The molecule has 1 saturated heterocycles. The van der Waals surface area contributed by atoms with Crippen LogP contribution in [0.1, 0.15) is 27.2 Å². The summed E-state index contributed by atoms with van der Waals surface area (Å²) in [6, 6.07) is 0. The highest BCUT2D eigenvalue weighted by atomic mass is 80.0. The Morgan fingerprint density at radius 1 is 1.33 bits per heavy atom. The first kappa shape index (κ1) is 11.5. The van der Waals surface area contributed by atoms with Gasteiger partial charge in [0, 0.05) is 0 Å². The van der Waals surface area contributed by atoms with E-state index in [0.717, 1.165) is 6.42 Å². The standard InChI is InChI=1S/C8H13Br3O/c1-5-4-6(8(9,10)11)12-7(5,2)3/h5-6H,4H2,1-3H3. The molecule has 72 valence electrons. The van der Waals surface area contributed by atoms with Gasteiger partial charge in [0.05, 0.1) is 11.7 Å². The van der Waals surface area contributed by atoms with E-state index >= 15 is 0 Å². The number of ether oxygens (including phenoxy) is 1. The van der Waals surface area contributed by atoms with E-state index < -0.39 is 0 Å². The topological polar surface area (TPSA) is 9.23 Å². The van der Waals surface area contributed by atoms with Gasteiger partial charge in [0.1, 0.15) is 0 Å². The lowest BCUT2D eigenvalue weighted by Crippen LogP contribution is -2.29. The third kappa shape index (κ3) is 2.46. The fraction of sp³-hybridized carbons (Fsp3) is 1.00. The van der Waals surface area contributed by atoms with Crippen molar-refractivity contribution in [2.75, 3.05) is 0 Å². The Balaban J connectivity index is 2.67. The van der Waals surface area contributed by atoms with Gasteiger partial charge in [-0.2, -0.15) is 0 Å². The third-order valence-corrected chi connectivity index (χ3v) is 4.10. The van der Waals surface area contributed by atoms with Crippen molar-refractivity contribution >= 4 is 47.8 Å². The minimum atomic E-state index is -0.269. The summed E-state index contributed by atoms with van der Waals surface area (Å²) < 4.78 is 5.62. The normalized spacial score (nSPS) is 35.5. The van der Waals surface area contributed by atoms with Gasteiger partial charge in [0.15, 0.2) is 2.14 Å². The minimum absolute atomic E-state index is 0.00870. The van der Waals surface area contributed by atoms with Crippen LogP contribution in [-0.4, -0.2) is 13.8 Å². The zero-order valence-electron chi connectivity index (χ0n) is 7.40. The first-order chi connectivity index (χ1) is 5.23. The van der Waals surface area contributed by atoms with Crippen molar-refractivity contribution in [3.05, 3.63) is 0 Å². The molecule has 1 aliphatic rings. The second kappa shape index (κ2) is 3.52. The summed E-state index contributed by atoms with van der Waals surface area (Å²) >= 11 is 10.5. The van der Waals surface area contributed by atoms with Crippen LogP contribution in [0, 0.1) is 5.92 Å². The molecule has 1 rings (SSSR count). The molecular weight excluding hydrogens is 352 g/mol. The average molecular weight is 365 g/mol. The lowest BCUT2D eigenvalue weighted by Gasteiger charge is -2.25. The second-order valence-electron chi connectivity index (χ2n) is 3.89. The van der Waals surface area contributed by atoms with Crippen molar-refractivity contribution in [2.45, 2.75) is 41.0 Å². The first-order valence-corrected chi connectivity index (χ1v) is 6.36. The molecule has 12 heavy (non-hydrogen) atoms. The predicted octanol–water partition coefficient (Wildman–Crippen LogP) is 4.03. The van der Waals surface area contributed by atoms with Crippen LogP contribution >= 0.6 is 47.8 Å². The molecule has 2 atom stereocenters.